The van der Waals surface area contributed by atoms with E-state index in [2.05, 4.69) is 10.2 Å². The molecule has 0 spiro atoms. The van der Waals surface area contributed by atoms with Crippen LogP contribution in [0.2, 0.25) is 0 Å². The van der Waals surface area contributed by atoms with E-state index >= 15 is 0 Å². The lowest BCUT2D eigenvalue weighted by molar-refractivity contribution is 0.296. The fraction of sp³-hybridized carbons (Fsp3) is 0.667. The van der Waals surface area contributed by atoms with Gasteiger partial charge in [0.05, 0.1) is 0 Å². The van der Waals surface area contributed by atoms with Gasteiger partial charge in [-0.2, -0.15) is 0 Å². The maximum atomic E-state index is 8.55. The topological polar surface area (TPSA) is 46.0 Å². The minimum absolute atomic E-state index is 0.251. The Balaban J connectivity index is 2.31. The van der Waals surface area contributed by atoms with Gasteiger partial charge in [-0.1, -0.05) is 34.9 Å². The van der Waals surface area contributed by atoms with Gasteiger partial charge in [0.2, 0.25) is 0 Å². The van der Waals surface area contributed by atoms with E-state index in [-0.39, 0.29) is 6.61 Å². The zero-order valence-corrected chi connectivity index (χ0v) is 9.14. The molecule has 0 radical (unpaired) electrons. The molecule has 0 fully saturated rings. The van der Waals surface area contributed by atoms with E-state index in [9.17, 15) is 0 Å². The van der Waals surface area contributed by atoms with Crippen LogP contribution in [0, 0.1) is 0 Å². The fourth-order valence-corrected chi connectivity index (χ4v) is 2.99. The largest absolute Gasteiger partial charge is 0.396 e. The van der Waals surface area contributed by atoms with Crippen molar-refractivity contribution in [3.63, 3.8) is 0 Å². The van der Waals surface area contributed by atoms with Crippen LogP contribution < -0.4 is 0 Å². The van der Waals surface area contributed by atoms with Crippen molar-refractivity contribution in [1.82, 2.24) is 10.2 Å². The molecule has 0 bridgehead atoms. The Bertz CT molecular complexity index is 228. The molecule has 12 heavy (non-hydrogen) atoms. The van der Waals surface area contributed by atoms with Crippen LogP contribution >= 0.6 is 34.9 Å². The van der Waals surface area contributed by atoms with Gasteiger partial charge in [0.15, 0.2) is 8.68 Å². The van der Waals surface area contributed by atoms with Crippen LogP contribution in [-0.4, -0.2) is 33.9 Å². The third-order valence-electron chi connectivity index (χ3n) is 1.09. The zero-order valence-electron chi connectivity index (χ0n) is 6.69. The Labute approximate surface area is 84.0 Å². The molecule has 0 aliphatic carbocycles. The van der Waals surface area contributed by atoms with Crippen LogP contribution in [0.1, 0.15) is 6.42 Å². The lowest BCUT2D eigenvalue weighted by Crippen LogP contribution is -1.84. The highest BCUT2D eigenvalue weighted by Crippen LogP contribution is 2.27. The third-order valence-corrected chi connectivity index (χ3v) is 4.21. The first-order valence-corrected chi connectivity index (χ1v) is 6.50. The molecule has 68 valence electrons. The van der Waals surface area contributed by atoms with E-state index in [4.69, 9.17) is 5.11 Å². The first-order chi connectivity index (χ1) is 5.86. The van der Waals surface area contributed by atoms with E-state index in [0.717, 1.165) is 20.9 Å². The van der Waals surface area contributed by atoms with Gasteiger partial charge in [0.1, 0.15) is 0 Å². The summed E-state index contributed by atoms with van der Waals surface area (Å²) in [5, 5.41) is 16.5. The van der Waals surface area contributed by atoms with Gasteiger partial charge in [0, 0.05) is 12.4 Å². The predicted octanol–water partition coefficient (Wildman–Crippen LogP) is 1.73. The van der Waals surface area contributed by atoms with Crippen molar-refractivity contribution in [3.8, 4) is 0 Å². The van der Waals surface area contributed by atoms with Crippen molar-refractivity contribution >= 4 is 34.9 Å². The summed E-state index contributed by atoms with van der Waals surface area (Å²) in [7, 11) is 0. The van der Waals surface area contributed by atoms with Gasteiger partial charge in [-0.25, -0.2) is 0 Å². The molecule has 3 nitrogen and oxygen atoms in total. The Morgan fingerprint density at radius 1 is 1.42 bits per heavy atom. The molecule has 0 aromatic carbocycles. The maximum absolute atomic E-state index is 8.55. The predicted molar refractivity (Wildman–Crippen MR) is 54.1 cm³/mol. The molecule has 0 saturated carbocycles. The Morgan fingerprint density at radius 2 is 2.17 bits per heavy atom. The SMILES string of the molecule is CSc1nnc(SCCCO)s1. The van der Waals surface area contributed by atoms with Gasteiger partial charge >= 0.3 is 0 Å². The molecule has 1 aromatic rings. The highest BCUT2D eigenvalue weighted by molar-refractivity contribution is 8.02. The molecular formula is C6H10N2OS3. The summed E-state index contributed by atoms with van der Waals surface area (Å²) in [6.45, 7) is 0.251. The van der Waals surface area contributed by atoms with Crippen LogP contribution in [-0.2, 0) is 0 Å². The molecule has 1 heterocycles. The van der Waals surface area contributed by atoms with Crippen LogP contribution in [0.4, 0.5) is 0 Å². The molecule has 1 rings (SSSR count). The number of thioether (sulfide) groups is 2. The lowest BCUT2D eigenvalue weighted by Gasteiger charge is -1.91. The average molecular weight is 222 g/mol. The Morgan fingerprint density at radius 3 is 2.75 bits per heavy atom. The minimum Gasteiger partial charge on any atom is -0.396 e. The van der Waals surface area contributed by atoms with E-state index in [1.54, 1.807) is 34.9 Å². The zero-order chi connectivity index (χ0) is 8.81. The smallest absolute Gasteiger partial charge is 0.175 e. The second kappa shape index (κ2) is 5.80. The first kappa shape index (κ1) is 10.3. The standard InChI is InChI=1S/C6H10N2OS3/c1-10-5-7-8-6(12-5)11-4-2-3-9/h9H,2-4H2,1H3. The van der Waals surface area contributed by atoms with Crippen molar-refractivity contribution in [2.24, 2.45) is 0 Å². The Kier molecular flexibility index (Phi) is 4.98. The van der Waals surface area contributed by atoms with E-state index in [1.165, 1.54) is 0 Å². The molecule has 0 atom stereocenters. The lowest BCUT2D eigenvalue weighted by atomic mass is 10.5. The van der Waals surface area contributed by atoms with E-state index in [0.29, 0.717) is 0 Å². The van der Waals surface area contributed by atoms with Crippen molar-refractivity contribution in [1.29, 1.82) is 0 Å². The molecule has 0 unspecified atom stereocenters. The van der Waals surface area contributed by atoms with Crippen molar-refractivity contribution < 1.29 is 5.11 Å². The molecule has 0 amide bonds. The molecule has 0 aliphatic heterocycles. The molecule has 6 heteroatoms. The van der Waals surface area contributed by atoms with Gasteiger partial charge in [0.25, 0.3) is 0 Å². The van der Waals surface area contributed by atoms with Gasteiger partial charge in [-0.3, -0.25) is 0 Å². The average Bonchev–Trinajstić information content (AvgIpc) is 2.53. The summed E-state index contributed by atoms with van der Waals surface area (Å²) in [6.07, 6.45) is 2.81. The van der Waals surface area contributed by atoms with E-state index in [1.807, 2.05) is 6.26 Å². The maximum Gasteiger partial charge on any atom is 0.175 e. The second-order valence-corrected chi connectivity index (χ2v) is 5.34. The van der Waals surface area contributed by atoms with Gasteiger partial charge < -0.3 is 5.11 Å². The molecule has 1 aromatic heterocycles. The summed E-state index contributed by atoms with van der Waals surface area (Å²) < 4.78 is 1.99. The molecule has 1 N–H and O–H groups in total. The van der Waals surface area contributed by atoms with Gasteiger partial charge in [-0.05, 0) is 12.7 Å². The highest BCUT2D eigenvalue weighted by Gasteiger charge is 2.02. The molecule has 0 saturated heterocycles. The summed E-state index contributed by atoms with van der Waals surface area (Å²) in [4.78, 5) is 0. The number of aliphatic hydroxyl groups excluding tert-OH is 1. The van der Waals surface area contributed by atoms with Crippen molar-refractivity contribution in [2.45, 2.75) is 15.1 Å². The number of hydrogen-bond donors (Lipinski definition) is 1. The Hall–Kier alpha value is 0.220. The quantitative estimate of drug-likeness (QED) is 0.607. The first-order valence-electron chi connectivity index (χ1n) is 3.48. The normalized spacial score (nSPS) is 10.5. The number of aromatic nitrogens is 2. The van der Waals surface area contributed by atoms with Crippen LogP contribution in [0.15, 0.2) is 8.68 Å². The number of nitrogens with zero attached hydrogens (tertiary/aromatic N) is 2. The van der Waals surface area contributed by atoms with Crippen molar-refractivity contribution in [2.75, 3.05) is 18.6 Å². The number of rotatable bonds is 5. The summed E-state index contributed by atoms with van der Waals surface area (Å²) in [5.41, 5.74) is 0. The number of aliphatic hydroxyl groups is 1. The highest BCUT2D eigenvalue weighted by atomic mass is 32.2. The van der Waals surface area contributed by atoms with E-state index < -0.39 is 0 Å². The monoisotopic (exact) mass is 222 g/mol. The summed E-state index contributed by atoms with van der Waals surface area (Å²) in [6, 6.07) is 0. The third kappa shape index (κ3) is 3.30. The fourth-order valence-electron chi connectivity index (χ4n) is 0.562. The van der Waals surface area contributed by atoms with Crippen molar-refractivity contribution in [3.05, 3.63) is 0 Å². The van der Waals surface area contributed by atoms with Crippen LogP contribution in [0.5, 0.6) is 0 Å². The summed E-state index contributed by atoms with van der Waals surface area (Å²) in [5.74, 6) is 0.916. The summed E-state index contributed by atoms with van der Waals surface area (Å²) >= 11 is 4.87. The minimum atomic E-state index is 0.251. The van der Waals surface area contributed by atoms with Crippen LogP contribution in [0.3, 0.4) is 0 Å². The van der Waals surface area contributed by atoms with Crippen LogP contribution in [0.25, 0.3) is 0 Å². The second-order valence-electron chi connectivity index (χ2n) is 1.96. The molecule has 0 aliphatic rings. The van der Waals surface area contributed by atoms with Gasteiger partial charge in [-0.15, -0.1) is 10.2 Å². The molecular weight excluding hydrogens is 212 g/mol. The number of hydrogen-bond acceptors (Lipinski definition) is 6.